The van der Waals surface area contributed by atoms with Gasteiger partial charge in [-0.25, -0.2) is 0 Å². The van der Waals surface area contributed by atoms with Gasteiger partial charge in [-0.15, -0.1) is 19.7 Å². The van der Waals surface area contributed by atoms with Crippen LogP contribution in [-0.4, -0.2) is 25.7 Å². The number of hydrogen-bond acceptors (Lipinski definition) is 3. The summed E-state index contributed by atoms with van der Waals surface area (Å²) in [7, 11) is -8.31. The fraction of sp³-hybridized carbons (Fsp3) is 0.667. The third-order valence-corrected chi connectivity index (χ3v) is 20.0. The van der Waals surface area contributed by atoms with Crippen LogP contribution in [0, 0.1) is 0 Å². The zero-order valence-electron chi connectivity index (χ0n) is 17.1. The van der Waals surface area contributed by atoms with Crippen LogP contribution in [0.3, 0.4) is 0 Å². The lowest BCUT2D eigenvalue weighted by Crippen LogP contribution is -2.75. The lowest BCUT2D eigenvalue weighted by Gasteiger charge is -2.60. The van der Waals surface area contributed by atoms with Crippen LogP contribution in [0.4, 0.5) is 0 Å². The second-order valence-corrected chi connectivity index (χ2v) is 21.9. The zero-order valence-corrected chi connectivity index (χ0v) is 20.1. The topological polar surface area (TPSA) is 27.7 Å². The summed E-state index contributed by atoms with van der Waals surface area (Å²) in [5, 5.41) is -0.507. The van der Waals surface area contributed by atoms with Crippen molar-refractivity contribution < 1.29 is 12.3 Å². The summed E-state index contributed by atoms with van der Waals surface area (Å²) in [6.45, 7) is 31.9. The largest absolute Gasteiger partial charge is 0.409 e. The van der Waals surface area contributed by atoms with Crippen LogP contribution in [0.1, 0.15) is 62.3 Å². The van der Waals surface area contributed by atoms with Gasteiger partial charge in [0, 0.05) is 15.1 Å². The molecule has 138 valence electrons. The molecule has 0 aromatic rings. The standard InChI is InChI=1S/C18H36O3Si3/c1-13-22(16(4,5)6)19-23(14-2,17(7,8)9)21-24(15-3,20-22)18(10,11)12/h13-15H,1-3H2,4-12H3. The Hall–Kier alpha value is -0.249. The second kappa shape index (κ2) is 6.17. The summed E-state index contributed by atoms with van der Waals surface area (Å²) in [5.74, 6) is 0. The smallest absolute Gasteiger partial charge is 0.352 e. The maximum absolute atomic E-state index is 6.83. The van der Waals surface area contributed by atoms with Gasteiger partial charge < -0.3 is 12.3 Å². The van der Waals surface area contributed by atoms with Crippen LogP contribution in [-0.2, 0) is 12.3 Å². The molecule has 0 spiro atoms. The van der Waals surface area contributed by atoms with Crippen molar-refractivity contribution in [1.82, 2.24) is 0 Å². The van der Waals surface area contributed by atoms with Crippen molar-refractivity contribution in [3.05, 3.63) is 36.8 Å². The average molecular weight is 385 g/mol. The third-order valence-electron chi connectivity index (χ3n) is 4.85. The van der Waals surface area contributed by atoms with E-state index < -0.39 is 25.7 Å². The molecule has 0 aliphatic carbocycles. The highest BCUT2D eigenvalue weighted by molar-refractivity contribution is 7.01. The maximum atomic E-state index is 6.83. The van der Waals surface area contributed by atoms with Gasteiger partial charge in [0.15, 0.2) is 0 Å². The molecule has 0 aromatic heterocycles. The summed E-state index contributed by atoms with van der Waals surface area (Å²) in [5.41, 5.74) is 5.80. The Morgan fingerprint density at radius 1 is 0.500 bits per heavy atom. The molecular formula is C18H36O3Si3. The van der Waals surface area contributed by atoms with Crippen molar-refractivity contribution in [2.24, 2.45) is 0 Å². The summed E-state index contributed by atoms with van der Waals surface area (Å²) in [6.07, 6.45) is 0. The van der Waals surface area contributed by atoms with E-state index in [1.165, 1.54) is 0 Å². The van der Waals surface area contributed by atoms with Crippen molar-refractivity contribution in [3.63, 3.8) is 0 Å². The Bertz CT molecular complexity index is 439. The van der Waals surface area contributed by atoms with Gasteiger partial charge in [-0.1, -0.05) is 79.4 Å². The van der Waals surface area contributed by atoms with Crippen molar-refractivity contribution in [2.75, 3.05) is 0 Å². The highest BCUT2D eigenvalue weighted by Gasteiger charge is 2.69. The van der Waals surface area contributed by atoms with Crippen LogP contribution in [0.2, 0.25) is 15.1 Å². The van der Waals surface area contributed by atoms with Gasteiger partial charge >= 0.3 is 25.7 Å². The van der Waals surface area contributed by atoms with E-state index in [9.17, 15) is 0 Å². The van der Waals surface area contributed by atoms with Crippen LogP contribution in [0.25, 0.3) is 0 Å². The van der Waals surface area contributed by atoms with Crippen molar-refractivity contribution in [1.29, 1.82) is 0 Å². The first-order chi connectivity index (χ1) is 10.6. The number of hydrogen-bond donors (Lipinski definition) is 0. The van der Waals surface area contributed by atoms with E-state index in [1.807, 2.05) is 17.1 Å². The monoisotopic (exact) mass is 384 g/mol. The van der Waals surface area contributed by atoms with Crippen LogP contribution < -0.4 is 0 Å². The predicted molar refractivity (Wildman–Crippen MR) is 110 cm³/mol. The Labute approximate surface area is 152 Å². The third kappa shape index (κ3) is 3.24. The summed E-state index contributed by atoms with van der Waals surface area (Å²) < 4.78 is 20.5. The second-order valence-electron chi connectivity index (χ2n) is 9.67. The maximum Gasteiger partial charge on any atom is 0.352 e. The molecule has 0 radical (unpaired) electrons. The van der Waals surface area contributed by atoms with E-state index in [0.717, 1.165) is 0 Å². The average Bonchev–Trinajstić information content (AvgIpc) is 2.42. The fourth-order valence-corrected chi connectivity index (χ4v) is 21.0. The van der Waals surface area contributed by atoms with E-state index in [1.54, 1.807) is 0 Å². The first kappa shape index (κ1) is 21.8. The molecular weight excluding hydrogens is 348 g/mol. The van der Waals surface area contributed by atoms with E-state index in [-0.39, 0.29) is 15.1 Å². The molecule has 0 saturated carbocycles. The van der Waals surface area contributed by atoms with Gasteiger partial charge in [-0.3, -0.25) is 0 Å². The van der Waals surface area contributed by atoms with E-state index in [2.05, 4.69) is 82.1 Å². The molecule has 0 amide bonds. The fourth-order valence-electron chi connectivity index (χ4n) is 2.83. The van der Waals surface area contributed by atoms with Gasteiger partial charge in [0.2, 0.25) is 0 Å². The van der Waals surface area contributed by atoms with Crippen LogP contribution in [0.15, 0.2) is 36.8 Å². The van der Waals surface area contributed by atoms with E-state index >= 15 is 0 Å². The molecule has 24 heavy (non-hydrogen) atoms. The first-order valence-electron chi connectivity index (χ1n) is 8.57. The molecule has 1 fully saturated rings. The Morgan fingerprint density at radius 2 is 0.667 bits per heavy atom. The normalized spacial score (nSPS) is 35.4. The van der Waals surface area contributed by atoms with Crippen LogP contribution >= 0.6 is 0 Å². The van der Waals surface area contributed by atoms with Crippen molar-refractivity contribution >= 4 is 25.7 Å². The molecule has 1 heterocycles. The lowest BCUT2D eigenvalue weighted by molar-refractivity contribution is 0.184. The van der Waals surface area contributed by atoms with Crippen LogP contribution in [0.5, 0.6) is 0 Å². The highest BCUT2D eigenvalue weighted by atomic mass is 28.5. The molecule has 3 nitrogen and oxygen atoms in total. The highest BCUT2D eigenvalue weighted by Crippen LogP contribution is 2.56. The minimum Gasteiger partial charge on any atom is -0.409 e. The SMILES string of the molecule is C=C[Si]1(C(C)(C)C)O[Si](C=C)(C(C)(C)C)O[Si](C=C)(C(C)(C)C)O1. The van der Waals surface area contributed by atoms with Gasteiger partial charge in [-0.05, 0) is 0 Å². The van der Waals surface area contributed by atoms with Crippen molar-refractivity contribution in [2.45, 2.75) is 77.4 Å². The number of rotatable bonds is 3. The molecule has 6 heteroatoms. The molecule has 1 saturated heterocycles. The molecule has 1 rings (SSSR count). The molecule has 0 N–H and O–H groups in total. The van der Waals surface area contributed by atoms with Gasteiger partial charge in [0.1, 0.15) is 0 Å². The minimum atomic E-state index is -2.77. The Balaban J connectivity index is 3.79. The molecule has 0 atom stereocenters. The van der Waals surface area contributed by atoms with Crippen molar-refractivity contribution in [3.8, 4) is 0 Å². The Kier molecular flexibility index (Phi) is 5.61. The first-order valence-corrected chi connectivity index (χ1v) is 14.2. The molecule has 1 aliphatic rings. The zero-order chi connectivity index (χ0) is 19.2. The van der Waals surface area contributed by atoms with Gasteiger partial charge in [-0.2, -0.15) is 0 Å². The minimum absolute atomic E-state index is 0.169. The van der Waals surface area contributed by atoms with Gasteiger partial charge in [0.25, 0.3) is 0 Å². The molecule has 1 aliphatic heterocycles. The Morgan fingerprint density at radius 3 is 0.750 bits per heavy atom. The molecule has 0 bridgehead atoms. The van der Waals surface area contributed by atoms with E-state index in [0.29, 0.717) is 0 Å². The molecule has 0 unspecified atom stereocenters. The lowest BCUT2D eigenvalue weighted by atomic mass is 10.2. The molecule has 0 aromatic carbocycles. The predicted octanol–water partition coefficient (Wildman–Crippen LogP) is 5.95. The van der Waals surface area contributed by atoms with Gasteiger partial charge in [0.05, 0.1) is 0 Å². The summed E-state index contributed by atoms with van der Waals surface area (Å²) in [4.78, 5) is 0. The summed E-state index contributed by atoms with van der Waals surface area (Å²) >= 11 is 0. The summed E-state index contributed by atoms with van der Waals surface area (Å²) in [6, 6.07) is 0. The van der Waals surface area contributed by atoms with E-state index in [4.69, 9.17) is 12.3 Å². The quantitative estimate of drug-likeness (QED) is 0.562.